The Labute approximate surface area is 134 Å². The van der Waals surface area contributed by atoms with Gasteiger partial charge in [-0.1, -0.05) is 25.1 Å². The minimum absolute atomic E-state index is 0.0113. The Bertz CT molecular complexity index is 772. The molecule has 1 aromatic heterocycles. The number of nitrogens with zero attached hydrogens (tertiary/aromatic N) is 4. The molecule has 0 radical (unpaired) electrons. The summed E-state index contributed by atoms with van der Waals surface area (Å²) in [5.41, 5.74) is 0.405. The maximum Gasteiger partial charge on any atom is 0.286 e. The van der Waals surface area contributed by atoms with Crippen LogP contribution in [0, 0.1) is 0 Å². The second-order valence-electron chi connectivity index (χ2n) is 5.58. The fourth-order valence-electron chi connectivity index (χ4n) is 2.50. The Kier molecular flexibility index (Phi) is 4.10. The molecule has 3 rings (SSSR count). The van der Waals surface area contributed by atoms with Crippen molar-refractivity contribution in [3.8, 4) is 0 Å². The molecule has 120 valence electrons. The molecule has 1 aliphatic rings. The van der Waals surface area contributed by atoms with Crippen LogP contribution in [0.3, 0.4) is 0 Å². The molecule has 1 amide bonds. The summed E-state index contributed by atoms with van der Waals surface area (Å²) in [5, 5.41) is 10.7. The second-order valence-corrected chi connectivity index (χ2v) is 5.58. The fourth-order valence-corrected chi connectivity index (χ4v) is 2.50. The molecule has 0 aliphatic carbocycles. The van der Waals surface area contributed by atoms with Crippen LogP contribution in [-0.4, -0.2) is 33.3 Å². The Morgan fingerprint density at radius 1 is 1.26 bits per heavy atom. The van der Waals surface area contributed by atoms with Crippen LogP contribution in [0.15, 0.2) is 35.1 Å². The van der Waals surface area contributed by atoms with E-state index in [4.69, 9.17) is 0 Å². The van der Waals surface area contributed by atoms with Crippen molar-refractivity contribution in [2.45, 2.75) is 32.9 Å². The number of hydrogen-bond donors (Lipinski definition) is 1. The smallest absolute Gasteiger partial charge is 0.286 e. The zero-order valence-electron chi connectivity index (χ0n) is 13.2. The van der Waals surface area contributed by atoms with Gasteiger partial charge in [0.2, 0.25) is 11.6 Å². The highest BCUT2D eigenvalue weighted by molar-refractivity contribution is 5.92. The lowest BCUT2D eigenvalue weighted by Gasteiger charge is -2.16. The van der Waals surface area contributed by atoms with E-state index < -0.39 is 11.5 Å². The van der Waals surface area contributed by atoms with Gasteiger partial charge in [-0.05, 0) is 25.5 Å². The van der Waals surface area contributed by atoms with Crippen LogP contribution in [-0.2, 0) is 6.54 Å². The summed E-state index contributed by atoms with van der Waals surface area (Å²) in [7, 11) is 0. The summed E-state index contributed by atoms with van der Waals surface area (Å²) >= 11 is 0. The van der Waals surface area contributed by atoms with Gasteiger partial charge in [-0.3, -0.25) is 14.2 Å². The standard InChI is InChI=1S/C16H19N5O2/c1-3-11(2)17-14(22)13-15(23)21-10-9-20(16(21)19-18-13)12-7-5-4-6-8-12/h4-8,11H,3,9-10H2,1-2H3,(H,17,22)/t11-/m0/s1. The molecule has 0 spiro atoms. The molecule has 0 fully saturated rings. The Balaban J connectivity index is 1.93. The number of hydrogen-bond acceptors (Lipinski definition) is 5. The third kappa shape index (κ3) is 2.81. The van der Waals surface area contributed by atoms with E-state index in [9.17, 15) is 9.59 Å². The van der Waals surface area contributed by atoms with Crippen molar-refractivity contribution in [3.05, 3.63) is 46.4 Å². The average Bonchev–Trinajstić information content (AvgIpc) is 3.00. The maximum absolute atomic E-state index is 12.5. The van der Waals surface area contributed by atoms with Gasteiger partial charge in [0.1, 0.15) is 0 Å². The zero-order valence-corrected chi connectivity index (χ0v) is 13.2. The third-order valence-electron chi connectivity index (χ3n) is 3.99. The number of rotatable bonds is 4. The first-order valence-corrected chi connectivity index (χ1v) is 7.72. The van der Waals surface area contributed by atoms with Crippen LogP contribution in [0.25, 0.3) is 0 Å². The first-order valence-electron chi connectivity index (χ1n) is 7.72. The topological polar surface area (TPSA) is 80.1 Å². The van der Waals surface area contributed by atoms with E-state index in [1.54, 1.807) is 0 Å². The third-order valence-corrected chi connectivity index (χ3v) is 3.99. The SMILES string of the molecule is CC[C@H](C)NC(=O)c1nnc2n(c1=O)CCN2c1ccccc1. The number of carbonyl (C=O) groups excluding carboxylic acids is 1. The van der Waals surface area contributed by atoms with Gasteiger partial charge in [0.15, 0.2) is 0 Å². The lowest BCUT2D eigenvalue weighted by atomic mass is 10.2. The Morgan fingerprint density at radius 3 is 2.70 bits per heavy atom. The normalized spacial score (nSPS) is 14.4. The number of amides is 1. The summed E-state index contributed by atoms with van der Waals surface area (Å²) in [4.78, 5) is 26.6. The van der Waals surface area contributed by atoms with Crippen molar-refractivity contribution >= 4 is 17.5 Å². The van der Waals surface area contributed by atoms with E-state index in [1.165, 1.54) is 4.57 Å². The van der Waals surface area contributed by atoms with E-state index in [1.807, 2.05) is 49.1 Å². The highest BCUT2D eigenvalue weighted by Crippen LogP contribution is 2.25. The van der Waals surface area contributed by atoms with Gasteiger partial charge >= 0.3 is 0 Å². The van der Waals surface area contributed by atoms with E-state index in [-0.39, 0.29) is 11.7 Å². The molecule has 1 atom stereocenters. The lowest BCUT2D eigenvalue weighted by Crippen LogP contribution is -2.38. The van der Waals surface area contributed by atoms with Gasteiger partial charge in [0.25, 0.3) is 11.5 Å². The molecular weight excluding hydrogens is 294 g/mol. The zero-order chi connectivity index (χ0) is 16.4. The quantitative estimate of drug-likeness (QED) is 0.921. The van der Waals surface area contributed by atoms with E-state index in [2.05, 4.69) is 15.5 Å². The maximum atomic E-state index is 12.5. The number of aromatic nitrogens is 3. The second kappa shape index (κ2) is 6.20. The molecular formula is C16H19N5O2. The minimum atomic E-state index is -0.467. The van der Waals surface area contributed by atoms with Gasteiger partial charge in [0, 0.05) is 24.8 Å². The molecule has 0 unspecified atom stereocenters. The number of fused-ring (bicyclic) bond motifs is 1. The molecule has 7 heteroatoms. The van der Waals surface area contributed by atoms with Gasteiger partial charge in [-0.2, -0.15) is 0 Å². The monoisotopic (exact) mass is 313 g/mol. The van der Waals surface area contributed by atoms with Gasteiger partial charge in [-0.15, -0.1) is 10.2 Å². The summed E-state index contributed by atoms with van der Waals surface area (Å²) in [6, 6.07) is 9.68. The molecule has 0 saturated carbocycles. The van der Waals surface area contributed by atoms with Crippen LogP contribution < -0.4 is 15.8 Å². The molecule has 1 N–H and O–H groups in total. The summed E-state index contributed by atoms with van der Waals surface area (Å²) < 4.78 is 1.51. The predicted molar refractivity (Wildman–Crippen MR) is 87.0 cm³/mol. The predicted octanol–water partition coefficient (Wildman–Crippen LogP) is 1.32. The van der Waals surface area contributed by atoms with E-state index in [0.717, 1.165) is 12.1 Å². The van der Waals surface area contributed by atoms with Crippen LogP contribution in [0.4, 0.5) is 11.6 Å². The molecule has 7 nitrogen and oxygen atoms in total. The summed E-state index contributed by atoms with van der Waals surface area (Å²) in [6.45, 7) is 4.96. The van der Waals surface area contributed by atoms with Crippen LogP contribution in [0.5, 0.6) is 0 Å². The van der Waals surface area contributed by atoms with E-state index in [0.29, 0.717) is 19.0 Å². The van der Waals surface area contributed by atoms with Gasteiger partial charge in [-0.25, -0.2) is 0 Å². The number of anilines is 2. The van der Waals surface area contributed by atoms with Crippen molar-refractivity contribution in [2.75, 3.05) is 11.4 Å². The number of benzene rings is 1. The highest BCUT2D eigenvalue weighted by atomic mass is 16.2. The van der Waals surface area contributed by atoms with Gasteiger partial charge in [0.05, 0.1) is 0 Å². The molecule has 2 heterocycles. The molecule has 23 heavy (non-hydrogen) atoms. The Hall–Kier alpha value is -2.70. The van der Waals surface area contributed by atoms with Crippen molar-refractivity contribution in [1.82, 2.24) is 20.1 Å². The highest BCUT2D eigenvalue weighted by Gasteiger charge is 2.27. The minimum Gasteiger partial charge on any atom is -0.348 e. The van der Waals surface area contributed by atoms with Crippen LogP contribution in [0.1, 0.15) is 30.8 Å². The van der Waals surface area contributed by atoms with Crippen LogP contribution >= 0.6 is 0 Å². The summed E-state index contributed by atoms with van der Waals surface area (Å²) in [6.07, 6.45) is 0.785. The first kappa shape index (κ1) is 15.2. The first-order chi connectivity index (χ1) is 11.1. The van der Waals surface area contributed by atoms with Crippen molar-refractivity contribution in [3.63, 3.8) is 0 Å². The average molecular weight is 313 g/mol. The van der Waals surface area contributed by atoms with Crippen molar-refractivity contribution < 1.29 is 4.79 Å². The largest absolute Gasteiger partial charge is 0.348 e. The lowest BCUT2D eigenvalue weighted by molar-refractivity contribution is 0.0930. The molecule has 1 aliphatic heterocycles. The summed E-state index contributed by atoms with van der Waals surface area (Å²) in [5.74, 6) is 0.00611. The van der Waals surface area contributed by atoms with Crippen LogP contribution in [0.2, 0.25) is 0 Å². The van der Waals surface area contributed by atoms with Crippen molar-refractivity contribution in [2.24, 2.45) is 0 Å². The fraction of sp³-hybridized carbons (Fsp3) is 0.375. The molecule has 0 bridgehead atoms. The number of nitrogens with one attached hydrogen (secondary N) is 1. The molecule has 0 saturated heterocycles. The Morgan fingerprint density at radius 2 is 2.00 bits per heavy atom. The van der Waals surface area contributed by atoms with Gasteiger partial charge < -0.3 is 10.2 Å². The van der Waals surface area contributed by atoms with E-state index >= 15 is 0 Å². The van der Waals surface area contributed by atoms with Crippen molar-refractivity contribution in [1.29, 1.82) is 0 Å². The molecule has 2 aromatic rings. The number of para-hydroxylation sites is 1. The molecule has 1 aromatic carbocycles. The number of carbonyl (C=O) groups is 1.